The summed E-state index contributed by atoms with van der Waals surface area (Å²) in [4.78, 5) is 8.56. The third-order valence-electron chi connectivity index (χ3n) is 2.96. The normalized spacial score (nSPS) is 10.7. The molecule has 7 heteroatoms. The van der Waals surface area contributed by atoms with Gasteiger partial charge in [0.15, 0.2) is 5.96 Å². The van der Waals surface area contributed by atoms with Gasteiger partial charge in [-0.15, -0.1) is 24.0 Å². The summed E-state index contributed by atoms with van der Waals surface area (Å²) in [5.41, 5.74) is 1.01. The molecule has 0 radical (unpaired) electrons. The first-order chi connectivity index (χ1) is 11.3. The number of ether oxygens (including phenoxy) is 1. The number of aromatic nitrogens is 1. The second-order valence-electron chi connectivity index (χ2n) is 4.77. The molecule has 0 atom stereocenters. The number of hydrogen-bond acceptors (Lipinski definition) is 3. The number of para-hydroxylation sites is 1. The zero-order valence-electron chi connectivity index (χ0n) is 13.5. The molecule has 0 amide bonds. The SMILES string of the molecule is CCNC(=NCc1ccc(Cl)nc1)NCCOc1ccccc1.I. The van der Waals surface area contributed by atoms with E-state index in [0.29, 0.717) is 24.8 Å². The van der Waals surface area contributed by atoms with Gasteiger partial charge >= 0.3 is 0 Å². The minimum absolute atomic E-state index is 0. The molecule has 1 heterocycles. The van der Waals surface area contributed by atoms with Gasteiger partial charge in [0.2, 0.25) is 0 Å². The predicted molar refractivity (Wildman–Crippen MR) is 109 cm³/mol. The maximum Gasteiger partial charge on any atom is 0.191 e. The molecule has 0 aliphatic rings. The molecule has 0 aliphatic carbocycles. The van der Waals surface area contributed by atoms with Crippen LogP contribution in [0, 0.1) is 0 Å². The smallest absolute Gasteiger partial charge is 0.191 e. The molecule has 0 bridgehead atoms. The Hall–Kier alpha value is -1.54. The van der Waals surface area contributed by atoms with Crippen LogP contribution in [0.5, 0.6) is 5.75 Å². The lowest BCUT2D eigenvalue weighted by Gasteiger charge is -2.12. The second kappa shape index (κ2) is 11.9. The van der Waals surface area contributed by atoms with Crippen LogP contribution < -0.4 is 15.4 Å². The molecule has 24 heavy (non-hydrogen) atoms. The highest BCUT2D eigenvalue weighted by Gasteiger charge is 1.99. The standard InChI is InChI=1S/C17H21ClN4O.HI/c1-2-19-17(22-13-14-8-9-16(18)21-12-14)20-10-11-23-15-6-4-3-5-7-15;/h3-9,12H,2,10-11,13H2,1H3,(H2,19,20,22);1H. The topological polar surface area (TPSA) is 58.5 Å². The van der Waals surface area contributed by atoms with Crippen LogP contribution in [0.2, 0.25) is 5.15 Å². The average Bonchev–Trinajstić information content (AvgIpc) is 2.59. The monoisotopic (exact) mass is 460 g/mol. The maximum atomic E-state index is 5.77. The quantitative estimate of drug-likeness (QED) is 0.218. The summed E-state index contributed by atoms with van der Waals surface area (Å²) in [6.07, 6.45) is 1.73. The van der Waals surface area contributed by atoms with Crippen LogP contribution in [0.4, 0.5) is 0 Å². The first kappa shape index (κ1) is 20.5. The first-order valence-electron chi connectivity index (χ1n) is 7.58. The van der Waals surface area contributed by atoms with E-state index < -0.39 is 0 Å². The predicted octanol–water partition coefficient (Wildman–Crippen LogP) is 3.49. The molecule has 2 aromatic rings. The fourth-order valence-corrected chi connectivity index (χ4v) is 1.98. The molecule has 0 fully saturated rings. The summed E-state index contributed by atoms with van der Waals surface area (Å²) in [5, 5.41) is 6.93. The minimum atomic E-state index is 0. The van der Waals surface area contributed by atoms with Crippen LogP contribution >= 0.6 is 35.6 Å². The van der Waals surface area contributed by atoms with Crippen LogP contribution in [0.3, 0.4) is 0 Å². The number of pyridine rings is 1. The van der Waals surface area contributed by atoms with E-state index in [0.717, 1.165) is 23.8 Å². The van der Waals surface area contributed by atoms with Crippen molar-refractivity contribution in [2.75, 3.05) is 19.7 Å². The van der Waals surface area contributed by atoms with Crippen molar-refractivity contribution >= 4 is 41.5 Å². The van der Waals surface area contributed by atoms with Gasteiger partial charge in [0.05, 0.1) is 13.1 Å². The highest BCUT2D eigenvalue weighted by Crippen LogP contribution is 2.07. The summed E-state index contributed by atoms with van der Waals surface area (Å²) in [7, 11) is 0. The van der Waals surface area contributed by atoms with Crippen LogP contribution in [0.15, 0.2) is 53.7 Å². The molecule has 0 saturated carbocycles. The van der Waals surface area contributed by atoms with Crippen molar-refractivity contribution in [3.05, 3.63) is 59.4 Å². The minimum Gasteiger partial charge on any atom is -0.492 e. The molecule has 2 N–H and O–H groups in total. The zero-order chi connectivity index (χ0) is 16.3. The Morgan fingerprint density at radius 2 is 1.96 bits per heavy atom. The van der Waals surface area contributed by atoms with E-state index in [2.05, 4.69) is 20.6 Å². The van der Waals surface area contributed by atoms with Crippen LogP contribution in [0.25, 0.3) is 0 Å². The number of nitrogens with one attached hydrogen (secondary N) is 2. The van der Waals surface area contributed by atoms with Gasteiger partial charge < -0.3 is 15.4 Å². The van der Waals surface area contributed by atoms with Crippen molar-refractivity contribution < 1.29 is 4.74 Å². The summed E-state index contributed by atoms with van der Waals surface area (Å²) in [6.45, 7) is 4.60. The van der Waals surface area contributed by atoms with Crippen molar-refractivity contribution in [1.29, 1.82) is 0 Å². The lowest BCUT2D eigenvalue weighted by molar-refractivity contribution is 0.322. The van der Waals surface area contributed by atoms with E-state index in [-0.39, 0.29) is 24.0 Å². The van der Waals surface area contributed by atoms with Gasteiger partial charge in [0.25, 0.3) is 0 Å². The average molecular weight is 461 g/mol. The number of halogens is 2. The lowest BCUT2D eigenvalue weighted by Crippen LogP contribution is -2.39. The lowest BCUT2D eigenvalue weighted by atomic mass is 10.3. The molecule has 0 saturated heterocycles. The van der Waals surface area contributed by atoms with Crippen molar-refractivity contribution in [2.45, 2.75) is 13.5 Å². The van der Waals surface area contributed by atoms with E-state index >= 15 is 0 Å². The van der Waals surface area contributed by atoms with Gasteiger partial charge in [-0.05, 0) is 30.7 Å². The third kappa shape index (κ3) is 7.83. The Morgan fingerprint density at radius 1 is 1.17 bits per heavy atom. The van der Waals surface area contributed by atoms with Crippen LogP contribution in [-0.4, -0.2) is 30.6 Å². The molecule has 0 aliphatic heterocycles. The molecule has 0 spiro atoms. The van der Waals surface area contributed by atoms with Gasteiger partial charge in [-0.3, -0.25) is 0 Å². The molecule has 2 rings (SSSR count). The summed E-state index contributed by atoms with van der Waals surface area (Å²) >= 11 is 5.77. The van der Waals surface area contributed by atoms with E-state index in [1.54, 1.807) is 12.3 Å². The number of rotatable bonds is 7. The largest absolute Gasteiger partial charge is 0.492 e. The summed E-state index contributed by atoms with van der Waals surface area (Å²) in [6, 6.07) is 13.4. The fraction of sp³-hybridized carbons (Fsp3) is 0.294. The Bertz CT molecular complexity index is 608. The van der Waals surface area contributed by atoms with Gasteiger partial charge in [-0.1, -0.05) is 35.9 Å². The Kier molecular flexibility index (Phi) is 10.2. The van der Waals surface area contributed by atoms with Gasteiger partial charge in [-0.25, -0.2) is 9.98 Å². The molecule has 130 valence electrons. The number of nitrogens with zero attached hydrogens (tertiary/aromatic N) is 2. The van der Waals surface area contributed by atoms with Crippen molar-refractivity contribution in [3.63, 3.8) is 0 Å². The molecule has 1 aromatic carbocycles. The fourth-order valence-electron chi connectivity index (χ4n) is 1.87. The Morgan fingerprint density at radius 3 is 2.62 bits per heavy atom. The summed E-state index contributed by atoms with van der Waals surface area (Å²) < 4.78 is 5.64. The van der Waals surface area contributed by atoms with Gasteiger partial charge in [0, 0.05) is 12.7 Å². The second-order valence-corrected chi connectivity index (χ2v) is 5.16. The van der Waals surface area contributed by atoms with Crippen molar-refractivity contribution in [3.8, 4) is 5.75 Å². The summed E-state index contributed by atoms with van der Waals surface area (Å²) in [5.74, 6) is 1.61. The molecule has 1 aromatic heterocycles. The highest BCUT2D eigenvalue weighted by atomic mass is 127. The molecule has 0 unspecified atom stereocenters. The number of aliphatic imine (C=N–C) groups is 1. The van der Waals surface area contributed by atoms with E-state index in [1.807, 2.05) is 43.3 Å². The first-order valence-corrected chi connectivity index (χ1v) is 7.96. The Labute approximate surface area is 164 Å². The van der Waals surface area contributed by atoms with Crippen molar-refractivity contribution in [2.24, 2.45) is 4.99 Å². The zero-order valence-corrected chi connectivity index (χ0v) is 16.6. The molecular formula is C17H22ClIN4O. The Balaban J connectivity index is 0.00000288. The van der Waals surface area contributed by atoms with Gasteiger partial charge in [-0.2, -0.15) is 0 Å². The highest BCUT2D eigenvalue weighted by molar-refractivity contribution is 14.0. The third-order valence-corrected chi connectivity index (χ3v) is 3.18. The maximum absolute atomic E-state index is 5.77. The number of benzene rings is 1. The number of hydrogen-bond donors (Lipinski definition) is 2. The number of guanidine groups is 1. The van der Waals surface area contributed by atoms with E-state index in [9.17, 15) is 0 Å². The van der Waals surface area contributed by atoms with Crippen molar-refractivity contribution in [1.82, 2.24) is 15.6 Å². The molecule has 5 nitrogen and oxygen atoms in total. The van der Waals surface area contributed by atoms with Gasteiger partial charge in [0.1, 0.15) is 17.5 Å². The van der Waals surface area contributed by atoms with E-state index in [1.165, 1.54) is 0 Å². The molecular weight excluding hydrogens is 439 g/mol. The van der Waals surface area contributed by atoms with Crippen LogP contribution in [-0.2, 0) is 6.54 Å². The van der Waals surface area contributed by atoms with E-state index in [4.69, 9.17) is 16.3 Å². The van der Waals surface area contributed by atoms with Crippen LogP contribution in [0.1, 0.15) is 12.5 Å².